The maximum absolute atomic E-state index is 13.5. The minimum Gasteiger partial charge on any atom is -0.493 e. The lowest BCUT2D eigenvalue weighted by Gasteiger charge is -2.40. The summed E-state index contributed by atoms with van der Waals surface area (Å²) in [6.07, 6.45) is -3.02. The van der Waals surface area contributed by atoms with Crippen LogP contribution >= 0.6 is 11.6 Å². The molecule has 40 heavy (non-hydrogen) atoms. The molecule has 0 bridgehead atoms. The first-order valence-corrected chi connectivity index (χ1v) is 14.5. The summed E-state index contributed by atoms with van der Waals surface area (Å²) in [4.78, 5) is 23.9. The predicted molar refractivity (Wildman–Crippen MR) is 141 cm³/mol. The number of aliphatic carboxylic acids is 1. The number of nitrogens with zero attached hydrogens (tertiary/aromatic N) is 1. The third kappa shape index (κ3) is 5.70. The topological polar surface area (TPSA) is 114 Å². The summed E-state index contributed by atoms with van der Waals surface area (Å²) in [6, 6.07) is 8.11. The number of hydrogen-bond donors (Lipinski definition) is 1. The van der Waals surface area contributed by atoms with Gasteiger partial charge in [0, 0.05) is 18.7 Å². The molecule has 2 fully saturated rings. The first-order valence-electron chi connectivity index (χ1n) is 12.7. The molecule has 0 saturated heterocycles. The number of sulfonamides is 1. The molecule has 0 radical (unpaired) electrons. The summed E-state index contributed by atoms with van der Waals surface area (Å²) in [5.41, 5.74) is -1.23. The lowest BCUT2D eigenvalue weighted by Crippen LogP contribution is -2.51. The van der Waals surface area contributed by atoms with E-state index >= 15 is 0 Å². The molecule has 8 nitrogen and oxygen atoms in total. The van der Waals surface area contributed by atoms with E-state index in [2.05, 4.69) is 0 Å². The molecule has 0 unspecified atom stereocenters. The Morgan fingerprint density at radius 1 is 1.15 bits per heavy atom. The summed E-state index contributed by atoms with van der Waals surface area (Å²) < 4.78 is 79.3. The summed E-state index contributed by atoms with van der Waals surface area (Å²) >= 11 is 6.18. The Kier molecular flexibility index (Phi) is 7.62. The maximum atomic E-state index is 13.5. The molecule has 13 heteroatoms. The molecule has 2 aliphatic rings. The molecule has 0 atom stereocenters. The Bertz CT molecular complexity index is 1610. The highest BCUT2D eigenvalue weighted by Crippen LogP contribution is 2.40. The minimum atomic E-state index is -4.66. The summed E-state index contributed by atoms with van der Waals surface area (Å²) in [5.74, 6) is -1.81. The minimum absolute atomic E-state index is 0.0325. The van der Waals surface area contributed by atoms with Gasteiger partial charge in [-0.3, -0.25) is 9.59 Å². The van der Waals surface area contributed by atoms with Crippen molar-refractivity contribution in [1.82, 2.24) is 4.31 Å². The van der Waals surface area contributed by atoms with Crippen molar-refractivity contribution in [2.24, 2.45) is 5.92 Å². The van der Waals surface area contributed by atoms with Crippen LogP contribution in [0.4, 0.5) is 13.2 Å². The Morgan fingerprint density at radius 2 is 1.88 bits per heavy atom. The zero-order chi connectivity index (χ0) is 28.8. The second-order valence-electron chi connectivity index (χ2n) is 10.0. The van der Waals surface area contributed by atoms with Gasteiger partial charge in [0.05, 0.1) is 39.3 Å². The van der Waals surface area contributed by atoms with Crippen molar-refractivity contribution in [3.8, 4) is 17.1 Å². The number of benzene rings is 2. The molecule has 214 valence electrons. The van der Waals surface area contributed by atoms with Gasteiger partial charge >= 0.3 is 12.1 Å². The highest BCUT2D eigenvalue weighted by Gasteiger charge is 2.47. The van der Waals surface area contributed by atoms with Crippen LogP contribution in [0.2, 0.25) is 5.02 Å². The lowest BCUT2D eigenvalue weighted by molar-refractivity contribution is -0.146. The van der Waals surface area contributed by atoms with Crippen molar-refractivity contribution < 1.29 is 40.6 Å². The zero-order valence-electron chi connectivity index (χ0n) is 21.0. The van der Waals surface area contributed by atoms with Gasteiger partial charge in [-0.2, -0.15) is 17.5 Å². The standard InChI is InChI=1S/C27H25ClF3NO7S/c28-21-4-1-3-19-22(33)14-24(39-25(19)21)20-8-5-16(27(29,30)31)13-23(20)38-10-2-9-32(40(36,37)18-6-7-18)17-11-15(12-17)26(34)35/h1,3-5,8,13-15,17-18H,2,6-7,9-12H2,(H,34,35). The Hall–Kier alpha value is -3.09. The number of hydrogen-bond acceptors (Lipinski definition) is 6. The van der Waals surface area contributed by atoms with Gasteiger partial charge in [-0.25, -0.2) is 8.42 Å². The van der Waals surface area contributed by atoms with Crippen molar-refractivity contribution >= 4 is 38.6 Å². The average Bonchev–Trinajstić information content (AvgIpc) is 3.70. The Morgan fingerprint density at radius 3 is 2.52 bits per heavy atom. The lowest BCUT2D eigenvalue weighted by atomic mass is 9.80. The van der Waals surface area contributed by atoms with Crippen molar-refractivity contribution in [3.05, 3.63) is 63.3 Å². The van der Waals surface area contributed by atoms with Gasteiger partial charge in [-0.05, 0) is 62.4 Å². The van der Waals surface area contributed by atoms with Gasteiger partial charge in [0.15, 0.2) is 11.0 Å². The third-order valence-electron chi connectivity index (χ3n) is 7.20. The van der Waals surface area contributed by atoms with Crippen molar-refractivity contribution in [2.45, 2.75) is 49.6 Å². The van der Waals surface area contributed by atoms with Gasteiger partial charge in [0.1, 0.15) is 11.5 Å². The van der Waals surface area contributed by atoms with Gasteiger partial charge in [-0.15, -0.1) is 0 Å². The molecule has 2 aromatic carbocycles. The second-order valence-corrected chi connectivity index (χ2v) is 12.6. The SMILES string of the molecule is O=C(O)C1CC(N(CCCOc2cc(C(F)(F)F)ccc2-c2cc(=O)c3cccc(Cl)c3o2)S(=O)(=O)C2CC2)C1. The van der Waals surface area contributed by atoms with E-state index in [9.17, 15) is 36.3 Å². The van der Waals surface area contributed by atoms with Crippen LogP contribution < -0.4 is 10.2 Å². The number of carbonyl (C=O) groups is 1. The van der Waals surface area contributed by atoms with E-state index in [0.717, 1.165) is 24.3 Å². The molecule has 1 heterocycles. The summed E-state index contributed by atoms with van der Waals surface area (Å²) in [6.45, 7) is -0.108. The number of ether oxygens (including phenoxy) is 1. The molecule has 5 rings (SSSR count). The van der Waals surface area contributed by atoms with E-state index < -0.39 is 50.4 Å². The van der Waals surface area contributed by atoms with Crippen LogP contribution in [0, 0.1) is 5.92 Å². The Labute approximate surface area is 232 Å². The number of carboxylic acids is 1. The number of halogens is 4. The predicted octanol–water partition coefficient (Wildman–Crippen LogP) is 5.56. The largest absolute Gasteiger partial charge is 0.493 e. The molecular formula is C27H25ClF3NO7S. The number of alkyl halides is 3. The first kappa shape index (κ1) is 28.4. The van der Waals surface area contributed by atoms with Crippen LogP contribution in [0.5, 0.6) is 5.75 Å². The van der Waals surface area contributed by atoms with Gasteiger partial charge in [0.2, 0.25) is 10.0 Å². The molecule has 0 spiro atoms. The van der Waals surface area contributed by atoms with Gasteiger partial charge in [0.25, 0.3) is 0 Å². The molecule has 2 saturated carbocycles. The summed E-state index contributed by atoms with van der Waals surface area (Å²) in [7, 11) is -3.62. The molecule has 1 N–H and O–H groups in total. The third-order valence-corrected chi connectivity index (χ3v) is 9.95. The van der Waals surface area contributed by atoms with Crippen molar-refractivity contribution in [3.63, 3.8) is 0 Å². The van der Waals surface area contributed by atoms with Gasteiger partial charge < -0.3 is 14.3 Å². The van der Waals surface area contributed by atoms with Crippen LogP contribution in [-0.4, -0.2) is 48.2 Å². The number of rotatable bonds is 10. The van der Waals surface area contributed by atoms with Gasteiger partial charge in [-0.1, -0.05) is 17.7 Å². The number of carboxylic acid groups (broad SMARTS) is 1. The molecule has 0 amide bonds. The quantitative estimate of drug-likeness (QED) is 0.304. The van der Waals surface area contributed by atoms with Crippen LogP contribution in [0.15, 0.2) is 51.7 Å². The smallest absolute Gasteiger partial charge is 0.416 e. The average molecular weight is 600 g/mol. The van der Waals surface area contributed by atoms with Crippen molar-refractivity contribution in [1.29, 1.82) is 0 Å². The highest BCUT2D eigenvalue weighted by molar-refractivity contribution is 7.90. The summed E-state index contributed by atoms with van der Waals surface area (Å²) in [5, 5.41) is 9.06. The van der Waals surface area contributed by atoms with Crippen LogP contribution in [0.1, 0.15) is 37.7 Å². The fourth-order valence-corrected chi connectivity index (χ4v) is 7.10. The zero-order valence-corrected chi connectivity index (χ0v) is 22.6. The number of fused-ring (bicyclic) bond motifs is 1. The maximum Gasteiger partial charge on any atom is 0.416 e. The van der Waals surface area contributed by atoms with E-state index in [1.54, 1.807) is 6.07 Å². The fraction of sp³-hybridized carbons (Fsp3) is 0.407. The normalized spacial score (nSPS) is 19.5. The van der Waals surface area contributed by atoms with Crippen LogP contribution in [-0.2, 0) is 21.0 Å². The molecule has 2 aliphatic carbocycles. The Balaban J connectivity index is 1.38. The monoisotopic (exact) mass is 599 g/mol. The number of para-hydroxylation sites is 1. The van der Waals surface area contributed by atoms with E-state index in [1.807, 2.05) is 0 Å². The van der Waals surface area contributed by atoms with Crippen molar-refractivity contribution in [2.75, 3.05) is 13.2 Å². The van der Waals surface area contributed by atoms with E-state index in [-0.39, 0.29) is 65.5 Å². The van der Waals surface area contributed by atoms with E-state index in [1.165, 1.54) is 16.4 Å². The van der Waals surface area contributed by atoms with Crippen LogP contribution in [0.25, 0.3) is 22.3 Å². The van der Waals surface area contributed by atoms with E-state index in [0.29, 0.717) is 12.8 Å². The molecule has 3 aromatic rings. The fourth-order valence-electron chi connectivity index (χ4n) is 4.80. The highest BCUT2D eigenvalue weighted by atomic mass is 35.5. The first-order chi connectivity index (χ1) is 18.9. The second kappa shape index (κ2) is 10.7. The molecular weight excluding hydrogens is 575 g/mol. The molecule has 0 aliphatic heterocycles. The van der Waals surface area contributed by atoms with E-state index in [4.69, 9.17) is 20.8 Å². The molecule has 1 aromatic heterocycles. The van der Waals surface area contributed by atoms with Crippen LogP contribution in [0.3, 0.4) is 0 Å².